The van der Waals surface area contributed by atoms with Gasteiger partial charge in [-0.2, -0.15) is 0 Å². The molecule has 1 aliphatic heterocycles. The lowest BCUT2D eigenvalue weighted by molar-refractivity contribution is -0.0327. The van der Waals surface area contributed by atoms with Crippen LogP contribution in [0.2, 0.25) is 0 Å². The Kier molecular flexibility index (Phi) is 5.44. The third-order valence-corrected chi connectivity index (χ3v) is 3.69. The second-order valence-corrected chi connectivity index (χ2v) is 6.13. The second kappa shape index (κ2) is 7.09. The summed E-state index contributed by atoms with van der Waals surface area (Å²) in [7, 11) is 0. The van der Waals surface area contributed by atoms with Gasteiger partial charge in [-0.3, -0.25) is 0 Å². The number of rotatable bonds is 7. The predicted molar refractivity (Wildman–Crippen MR) is 82.1 cm³/mol. The van der Waals surface area contributed by atoms with E-state index < -0.39 is 0 Å². The van der Waals surface area contributed by atoms with Crippen LogP contribution in [0.4, 0.5) is 0 Å². The topological polar surface area (TPSA) is 30.5 Å². The van der Waals surface area contributed by atoms with Gasteiger partial charge in [0.05, 0.1) is 11.7 Å². The van der Waals surface area contributed by atoms with Gasteiger partial charge in [0.1, 0.15) is 12.4 Å². The highest BCUT2D eigenvalue weighted by Gasteiger charge is 2.31. The summed E-state index contributed by atoms with van der Waals surface area (Å²) in [6.07, 6.45) is 3.57. The third-order valence-electron chi connectivity index (χ3n) is 3.69. The number of nitrogens with one attached hydrogen (secondary N) is 1. The molecule has 1 saturated heterocycles. The Labute approximate surface area is 122 Å². The number of ether oxygens (including phenoxy) is 2. The van der Waals surface area contributed by atoms with Gasteiger partial charge >= 0.3 is 0 Å². The summed E-state index contributed by atoms with van der Waals surface area (Å²) in [5, 5.41) is 3.42. The van der Waals surface area contributed by atoms with Crippen molar-refractivity contribution in [3.05, 3.63) is 29.8 Å². The fourth-order valence-electron chi connectivity index (χ4n) is 2.57. The van der Waals surface area contributed by atoms with Gasteiger partial charge in [0, 0.05) is 12.1 Å². The molecule has 3 heteroatoms. The molecule has 3 nitrogen and oxygen atoms in total. The van der Waals surface area contributed by atoms with Crippen molar-refractivity contribution in [3.8, 4) is 5.75 Å². The third kappa shape index (κ3) is 4.50. The molecule has 0 bridgehead atoms. The molecule has 0 amide bonds. The van der Waals surface area contributed by atoms with Crippen LogP contribution in [0.5, 0.6) is 5.75 Å². The average molecular weight is 277 g/mol. The van der Waals surface area contributed by atoms with Gasteiger partial charge in [0.25, 0.3) is 0 Å². The van der Waals surface area contributed by atoms with Crippen LogP contribution < -0.4 is 10.1 Å². The van der Waals surface area contributed by atoms with Crippen molar-refractivity contribution in [2.75, 3.05) is 13.2 Å². The largest absolute Gasteiger partial charge is 0.491 e. The molecule has 1 aliphatic rings. The summed E-state index contributed by atoms with van der Waals surface area (Å²) in [6.45, 7) is 9.02. The molecule has 112 valence electrons. The SMILES string of the molecule is CCCNCc1ccccc1OCC1CCC(C)(C)O1. The zero-order valence-electron chi connectivity index (χ0n) is 12.9. The quantitative estimate of drug-likeness (QED) is 0.774. The first kappa shape index (κ1) is 15.3. The molecule has 1 fully saturated rings. The molecule has 2 rings (SSSR count). The molecule has 0 aromatic heterocycles. The van der Waals surface area contributed by atoms with E-state index in [0.29, 0.717) is 6.61 Å². The minimum Gasteiger partial charge on any atom is -0.491 e. The Balaban J connectivity index is 1.86. The molecule has 0 spiro atoms. The van der Waals surface area contributed by atoms with Crippen molar-refractivity contribution in [2.45, 2.75) is 58.3 Å². The van der Waals surface area contributed by atoms with Crippen LogP contribution in [0.3, 0.4) is 0 Å². The number of para-hydroxylation sites is 1. The van der Waals surface area contributed by atoms with Gasteiger partial charge < -0.3 is 14.8 Å². The summed E-state index contributed by atoms with van der Waals surface area (Å²) in [4.78, 5) is 0. The Morgan fingerprint density at radius 3 is 2.85 bits per heavy atom. The van der Waals surface area contributed by atoms with Gasteiger partial charge in [-0.15, -0.1) is 0 Å². The van der Waals surface area contributed by atoms with E-state index in [1.54, 1.807) is 0 Å². The molecule has 20 heavy (non-hydrogen) atoms. The van der Waals surface area contributed by atoms with Gasteiger partial charge in [-0.05, 0) is 45.7 Å². The lowest BCUT2D eigenvalue weighted by atomic mass is 10.1. The normalized spacial score (nSPS) is 21.1. The number of hydrogen-bond acceptors (Lipinski definition) is 3. The van der Waals surface area contributed by atoms with Gasteiger partial charge in [-0.1, -0.05) is 25.1 Å². The highest BCUT2D eigenvalue weighted by molar-refractivity contribution is 5.33. The van der Waals surface area contributed by atoms with Crippen LogP contribution in [0.15, 0.2) is 24.3 Å². The first-order valence-electron chi connectivity index (χ1n) is 7.70. The fraction of sp³-hybridized carbons (Fsp3) is 0.647. The Bertz CT molecular complexity index is 417. The predicted octanol–water partition coefficient (Wildman–Crippen LogP) is 3.52. The van der Waals surface area contributed by atoms with Crippen LogP contribution >= 0.6 is 0 Å². The van der Waals surface area contributed by atoms with E-state index in [1.165, 1.54) is 5.56 Å². The summed E-state index contributed by atoms with van der Waals surface area (Å²) >= 11 is 0. The zero-order chi connectivity index (χ0) is 14.4. The van der Waals surface area contributed by atoms with E-state index in [4.69, 9.17) is 9.47 Å². The van der Waals surface area contributed by atoms with Crippen molar-refractivity contribution < 1.29 is 9.47 Å². The number of benzene rings is 1. The molecule has 0 radical (unpaired) electrons. The molecular formula is C17H27NO2. The van der Waals surface area contributed by atoms with Crippen molar-refractivity contribution in [2.24, 2.45) is 0 Å². The van der Waals surface area contributed by atoms with Crippen molar-refractivity contribution in [1.82, 2.24) is 5.32 Å². The van der Waals surface area contributed by atoms with Gasteiger partial charge in [0.2, 0.25) is 0 Å². The molecule has 1 heterocycles. The molecule has 1 N–H and O–H groups in total. The van der Waals surface area contributed by atoms with Crippen LogP contribution in [0, 0.1) is 0 Å². The molecule has 1 atom stereocenters. The minimum atomic E-state index is 0.0101. The summed E-state index contributed by atoms with van der Waals surface area (Å²) in [6, 6.07) is 8.25. The highest BCUT2D eigenvalue weighted by Crippen LogP contribution is 2.30. The first-order chi connectivity index (χ1) is 9.61. The molecule has 0 aliphatic carbocycles. The average Bonchev–Trinajstić information content (AvgIpc) is 2.77. The first-order valence-corrected chi connectivity index (χ1v) is 7.70. The second-order valence-electron chi connectivity index (χ2n) is 6.13. The molecule has 1 aromatic rings. The summed E-state index contributed by atoms with van der Waals surface area (Å²) in [5.74, 6) is 0.976. The van der Waals surface area contributed by atoms with Crippen LogP contribution in [-0.2, 0) is 11.3 Å². The smallest absolute Gasteiger partial charge is 0.123 e. The van der Waals surface area contributed by atoms with E-state index in [0.717, 1.165) is 38.1 Å². The van der Waals surface area contributed by atoms with E-state index >= 15 is 0 Å². The fourth-order valence-corrected chi connectivity index (χ4v) is 2.57. The highest BCUT2D eigenvalue weighted by atomic mass is 16.6. The minimum absolute atomic E-state index is 0.0101. The maximum absolute atomic E-state index is 5.98. The Morgan fingerprint density at radius 2 is 2.15 bits per heavy atom. The summed E-state index contributed by atoms with van der Waals surface area (Å²) < 4.78 is 11.9. The zero-order valence-corrected chi connectivity index (χ0v) is 12.9. The maximum atomic E-state index is 5.98. The summed E-state index contributed by atoms with van der Waals surface area (Å²) in [5.41, 5.74) is 1.23. The standard InChI is InChI=1S/C17H27NO2/c1-4-11-18-12-14-7-5-6-8-16(14)19-13-15-9-10-17(2,3)20-15/h5-8,15,18H,4,9-13H2,1-3H3. The van der Waals surface area contributed by atoms with Crippen molar-refractivity contribution in [3.63, 3.8) is 0 Å². The Hall–Kier alpha value is -1.06. The van der Waals surface area contributed by atoms with Crippen LogP contribution in [0.25, 0.3) is 0 Å². The van der Waals surface area contributed by atoms with Crippen molar-refractivity contribution >= 4 is 0 Å². The molecule has 1 aromatic carbocycles. The molecule has 0 saturated carbocycles. The lowest BCUT2D eigenvalue weighted by Crippen LogP contribution is -2.24. The monoisotopic (exact) mass is 277 g/mol. The molecule has 1 unspecified atom stereocenters. The van der Waals surface area contributed by atoms with Crippen LogP contribution in [0.1, 0.15) is 45.6 Å². The lowest BCUT2D eigenvalue weighted by Gasteiger charge is -2.20. The van der Waals surface area contributed by atoms with Crippen LogP contribution in [-0.4, -0.2) is 24.9 Å². The van der Waals surface area contributed by atoms with Crippen molar-refractivity contribution in [1.29, 1.82) is 0 Å². The maximum Gasteiger partial charge on any atom is 0.123 e. The number of hydrogen-bond donors (Lipinski definition) is 1. The molecular weight excluding hydrogens is 250 g/mol. The Morgan fingerprint density at radius 1 is 1.35 bits per heavy atom. The van der Waals surface area contributed by atoms with E-state index in [1.807, 2.05) is 12.1 Å². The van der Waals surface area contributed by atoms with E-state index in [9.17, 15) is 0 Å². The van der Waals surface area contributed by atoms with Gasteiger partial charge in [0.15, 0.2) is 0 Å². The van der Waals surface area contributed by atoms with Gasteiger partial charge in [-0.25, -0.2) is 0 Å². The van der Waals surface area contributed by atoms with E-state index in [2.05, 4.69) is 38.2 Å². The van der Waals surface area contributed by atoms with E-state index in [-0.39, 0.29) is 11.7 Å².